The number of alkyl carbamates (subject to hydrolysis) is 1. The number of carbonyl (C=O) groups excluding carboxylic acids is 1. The quantitative estimate of drug-likeness (QED) is 0.868. The Labute approximate surface area is 125 Å². The molecule has 0 radical (unpaired) electrons. The molecule has 2 saturated heterocycles. The van der Waals surface area contributed by atoms with Crippen LogP contribution in [0.15, 0.2) is 6.20 Å². The number of amides is 1. The number of aromatic nitrogens is 2. The summed E-state index contributed by atoms with van der Waals surface area (Å²) in [6, 6.07) is 0. The molecule has 0 bridgehead atoms. The van der Waals surface area contributed by atoms with E-state index in [1.165, 1.54) is 12.8 Å². The summed E-state index contributed by atoms with van der Waals surface area (Å²) in [5, 5.41) is 2.78. The van der Waals surface area contributed by atoms with Gasteiger partial charge in [0.05, 0.1) is 6.54 Å². The zero-order valence-corrected chi connectivity index (χ0v) is 12.7. The Morgan fingerprint density at radius 1 is 1.52 bits per heavy atom. The topological polar surface area (TPSA) is 70.2 Å². The number of aryl methyl sites for hydroxylation is 1. The minimum atomic E-state index is -0.319. The largest absolute Gasteiger partial charge is 0.440 e. The summed E-state index contributed by atoms with van der Waals surface area (Å²) in [6.07, 6.45) is 7.04. The SMILES string of the molecule is CCCCc1ncc(CN2CCCC3(CNC(=O)O3)C2)[nH]1. The zero-order chi connectivity index (χ0) is 14.7. The first-order chi connectivity index (χ1) is 10.2. The van der Waals surface area contributed by atoms with Crippen molar-refractivity contribution in [2.75, 3.05) is 19.6 Å². The summed E-state index contributed by atoms with van der Waals surface area (Å²) >= 11 is 0. The van der Waals surface area contributed by atoms with Crippen LogP contribution in [0.1, 0.15) is 44.1 Å². The van der Waals surface area contributed by atoms with Crippen LogP contribution in [0.4, 0.5) is 4.79 Å². The maximum atomic E-state index is 11.3. The standard InChI is InChI=1S/C15H24N4O2/c1-2-3-5-13-16-8-12(18-13)9-19-7-4-6-15(11-19)10-17-14(20)21-15/h8H,2-7,9-11H2,1H3,(H,16,18)(H,17,20). The lowest BCUT2D eigenvalue weighted by Gasteiger charge is -2.37. The van der Waals surface area contributed by atoms with E-state index in [-0.39, 0.29) is 11.7 Å². The number of H-pyrrole nitrogens is 1. The zero-order valence-electron chi connectivity index (χ0n) is 12.7. The predicted molar refractivity (Wildman–Crippen MR) is 78.9 cm³/mol. The Hall–Kier alpha value is -1.56. The number of rotatable bonds is 5. The van der Waals surface area contributed by atoms with Crippen LogP contribution in [0, 0.1) is 0 Å². The summed E-state index contributed by atoms with van der Waals surface area (Å²) in [6.45, 7) is 5.51. The maximum absolute atomic E-state index is 11.3. The third-order valence-corrected chi connectivity index (χ3v) is 4.32. The second-order valence-electron chi connectivity index (χ2n) is 6.20. The van der Waals surface area contributed by atoms with Gasteiger partial charge in [-0.05, 0) is 25.8 Å². The molecule has 1 unspecified atom stereocenters. The molecule has 0 aliphatic carbocycles. The fraction of sp³-hybridized carbons (Fsp3) is 0.733. The molecule has 1 aromatic rings. The third kappa shape index (κ3) is 3.37. The highest BCUT2D eigenvalue weighted by molar-refractivity contribution is 5.70. The Balaban J connectivity index is 1.57. The molecule has 1 spiro atoms. The number of ether oxygens (including phenoxy) is 1. The highest BCUT2D eigenvalue weighted by Crippen LogP contribution is 2.28. The number of nitrogens with zero attached hydrogens (tertiary/aromatic N) is 2. The number of carbonyl (C=O) groups is 1. The smallest absolute Gasteiger partial charge is 0.407 e. The van der Waals surface area contributed by atoms with Crippen molar-refractivity contribution in [3.05, 3.63) is 17.7 Å². The van der Waals surface area contributed by atoms with Gasteiger partial charge in [0.25, 0.3) is 0 Å². The monoisotopic (exact) mass is 292 g/mol. The maximum Gasteiger partial charge on any atom is 0.407 e. The van der Waals surface area contributed by atoms with Gasteiger partial charge in [0, 0.05) is 31.4 Å². The van der Waals surface area contributed by atoms with E-state index in [9.17, 15) is 4.79 Å². The van der Waals surface area contributed by atoms with Crippen LogP contribution in [0.2, 0.25) is 0 Å². The van der Waals surface area contributed by atoms with E-state index < -0.39 is 0 Å². The van der Waals surface area contributed by atoms with Gasteiger partial charge in [0.2, 0.25) is 0 Å². The van der Waals surface area contributed by atoms with Gasteiger partial charge in [-0.1, -0.05) is 13.3 Å². The first-order valence-electron chi connectivity index (χ1n) is 7.91. The molecule has 21 heavy (non-hydrogen) atoms. The Morgan fingerprint density at radius 2 is 2.43 bits per heavy atom. The number of hydrogen-bond acceptors (Lipinski definition) is 4. The highest BCUT2D eigenvalue weighted by atomic mass is 16.6. The molecule has 3 heterocycles. The van der Waals surface area contributed by atoms with E-state index in [1.54, 1.807) is 0 Å². The van der Waals surface area contributed by atoms with Gasteiger partial charge < -0.3 is 15.0 Å². The number of hydrogen-bond donors (Lipinski definition) is 2. The number of imidazole rings is 1. The Kier molecular flexibility index (Phi) is 4.14. The number of likely N-dealkylation sites (tertiary alicyclic amines) is 1. The van der Waals surface area contributed by atoms with E-state index in [1.807, 2.05) is 6.20 Å². The summed E-state index contributed by atoms with van der Waals surface area (Å²) in [5.41, 5.74) is 0.829. The normalized spacial score (nSPS) is 26.0. The van der Waals surface area contributed by atoms with Gasteiger partial charge in [-0.25, -0.2) is 9.78 Å². The van der Waals surface area contributed by atoms with Crippen LogP contribution in [-0.2, 0) is 17.7 Å². The Bertz CT molecular complexity index is 502. The van der Waals surface area contributed by atoms with E-state index in [2.05, 4.69) is 27.1 Å². The van der Waals surface area contributed by atoms with Crippen LogP contribution in [0.25, 0.3) is 0 Å². The molecule has 3 rings (SSSR count). The lowest BCUT2D eigenvalue weighted by Crippen LogP contribution is -2.50. The van der Waals surface area contributed by atoms with Crippen LogP contribution >= 0.6 is 0 Å². The molecule has 6 nitrogen and oxygen atoms in total. The molecular weight excluding hydrogens is 268 g/mol. The van der Waals surface area contributed by atoms with Crippen LogP contribution in [0.3, 0.4) is 0 Å². The summed E-state index contributed by atoms with van der Waals surface area (Å²) < 4.78 is 5.50. The van der Waals surface area contributed by atoms with Gasteiger partial charge in [0.1, 0.15) is 11.4 Å². The van der Waals surface area contributed by atoms with Gasteiger partial charge in [0.15, 0.2) is 0 Å². The van der Waals surface area contributed by atoms with Crippen molar-refractivity contribution in [3.8, 4) is 0 Å². The fourth-order valence-electron chi connectivity index (χ4n) is 3.25. The number of aromatic amines is 1. The average molecular weight is 292 g/mol. The van der Waals surface area contributed by atoms with Crippen LogP contribution < -0.4 is 5.32 Å². The van der Waals surface area contributed by atoms with Crippen molar-refractivity contribution in [3.63, 3.8) is 0 Å². The molecule has 1 aromatic heterocycles. The van der Waals surface area contributed by atoms with Gasteiger partial charge in [-0.3, -0.25) is 4.90 Å². The molecule has 116 valence electrons. The van der Waals surface area contributed by atoms with E-state index in [4.69, 9.17) is 4.74 Å². The lowest BCUT2D eigenvalue weighted by atomic mass is 9.93. The molecular formula is C15H24N4O2. The van der Waals surface area contributed by atoms with Crippen LogP contribution in [-0.4, -0.2) is 46.2 Å². The molecule has 2 fully saturated rings. The molecule has 0 aromatic carbocycles. The van der Waals surface area contributed by atoms with Gasteiger partial charge in [-0.15, -0.1) is 0 Å². The average Bonchev–Trinajstić information content (AvgIpc) is 3.04. The third-order valence-electron chi connectivity index (χ3n) is 4.32. The second-order valence-corrected chi connectivity index (χ2v) is 6.20. The molecule has 6 heteroatoms. The number of unbranched alkanes of at least 4 members (excludes halogenated alkanes) is 1. The first-order valence-corrected chi connectivity index (χ1v) is 7.91. The van der Waals surface area contributed by atoms with E-state index in [0.29, 0.717) is 6.54 Å². The lowest BCUT2D eigenvalue weighted by molar-refractivity contribution is -0.0114. The van der Waals surface area contributed by atoms with Gasteiger partial charge >= 0.3 is 6.09 Å². The van der Waals surface area contributed by atoms with Crippen molar-refractivity contribution in [1.82, 2.24) is 20.2 Å². The fourth-order valence-corrected chi connectivity index (χ4v) is 3.25. The predicted octanol–water partition coefficient (Wildman–Crippen LogP) is 1.83. The molecule has 2 aliphatic rings. The van der Waals surface area contributed by atoms with Crippen molar-refractivity contribution >= 4 is 6.09 Å². The molecule has 1 atom stereocenters. The second kappa shape index (κ2) is 6.05. The number of nitrogens with one attached hydrogen (secondary N) is 2. The first kappa shape index (κ1) is 14.4. The van der Waals surface area contributed by atoms with Crippen molar-refractivity contribution in [2.24, 2.45) is 0 Å². The molecule has 2 aliphatic heterocycles. The molecule has 0 saturated carbocycles. The minimum absolute atomic E-state index is 0.278. The summed E-state index contributed by atoms with van der Waals surface area (Å²) in [7, 11) is 0. The number of piperidine rings is 1. The summed E-state index contributed by atoms with van der Waals surface area (Å²) in [4.78, 5) is 21.5. The summed E-state index contributed by atoms with van der Waals surface area (Å²) in [5.74, 6) is 1.08. The minimum Gasteiger partial charge on any atom is -0.440 e. The molecule has 2 N–H and O–H groups in total. The van der Waals surface area contributed by atoms with Crippen molar-refractivity contribution in [2.45, 2.75) is 51.2 Å². The molecule has 1 amide bonds. The van der Waals surface area contributed by atoms with Gasteiger partial charge in [-0.2, -0.15) is 0 Å². The Morgan fingerprint density at radius 3 is 3.19 bits per heavy atom. The van der Waals surface area contributed by atoms with E-state index >= 15 is 0 Å². The van der Waals surface area contributed by atoms with E-state index in [0.717, 1.165) is 50.4 Å². The van der Waals surface area contributed by atoms with Crippen molar-refractivity contribution < 1.29 is 9.53 Å². The van der Waals surface area contributed by atoms with Crippen LogP contribution in [0.5, 0.6) is 0 Å². The highest BCUT2D eigenvalue weighted by Gasteiger charge is 2.43. The van der Waals surface area contributed by atoms with Crippen molar-refractivity contribution in [1.29, 1.82) is 0 Å².